The van der Waals surface area contributed by atoms with Gasteiger partial charge >= 0.3 is 5.97 Å². The Hall–Kier alpha value is -2.08. The molecule has 0 unspecified atom stereocenters. The summed E-state index contributed by atoms with van der Waals surface area (Å²) in [4.78, 5) is 23.8. The molecular weight excluding hydrogens is 274 g/mol. The number of carboxylic acid groups (broad SMARTS) is 1. The molecule has 0 aromatic heterocycles. The third kappa shape index (κ3) is 5.07. The summed E-state index contributed by atoms with van der Waals surface area (Å²) in [6.07, 6.45) is 1.63. The first-order valence-electron chi connectivity index (χ1n) is 6.94. The van der Waals surface area contributed by atoms with Crippen molar-refractivity contribution in [3.8, 4) is 5.75 Å². The van der Waals surface area contributed by atoms with Gasteiger partial charge in [-0.15, -0.1) is 0 Å². The van der Waals surface area contributed by atoms with Gasteiger partial charge in [-0.1, -0.05) is 18.2 Å². The fraction of sp³-hybridized carbons (Fsp3) is 0.467. The van der Waals surface area contributed by atoms with Gasteiger partial charge < -0.3 is 19.5 Å². The lowest BCUT2D eigenvalue weighted by atomic mass is 10.1. The first kappa shape index (κ1) is 15.3. The van der Waals surface area contributed by atoms with Crippen molar-refractivity contribution in [2.45, 2.75) is 18.9 Å². The maximum Gasteiger partial charge on any atom is 0.329 e. The molecule has 1 aliphatic rings. The Morgan fingerprint density at radius 1 is 1.14 bits per heavy atom. The Bertz CT molecular complexity index is 468. The van der Waals surface area contributed by atoms with Gasteiger partial charge in [-0.25, -0.2) is 4.79 Å². The van der Waals surface area contributed by atoms with Crippen molar-refractivity contribution >= 4 is 11.9 Å². The number of aliphatic carboxylic acids is 1. The molecule has 0 radical (unpaired) electrons. The number of nitrogens with zero attached hydrogens (tertiary/aromatic N) is 1. The first-order chi connectivity index (χ1) is 10.1. The van der Waals surface area contributed by atoms with Gasteiger partial charge in [-0.05, 0) is 12.1 Å². The normalized spacial score (nSPS) is 15.7. The summed E-state index contributed by atoms with van der Waals surface area (Å²) in [5.74, 6) is -0.403. The lowest BCUT2D eigenvalue weighted by molar-refractivity contribution is -0.146. The molecule has 1 aromatic rings. The van der Waals surface area contributed by atoms with Gasteiger partial charge in [-0.3, -0.25) is 4.79 Å². The molecule has 1 saturated heterocycles. The van der Waals surface area contributed by atoms with Crippen LogP contribution in [0.2, 0.25) is 0 Å². The van der Waals surface area contributed by atoms with E-state index >= 15 is 0 Å². The van der Waals surface area contributed by atoms with Crippen LogP contribution in [0.25, 0.3) is 0 Å². The highest BCUT2D eigenvalue weighted by Crippen LogP contribution is 2.18. The number of para-hydroxylation sites is 1. The van der Waals surface area contributed by atoms with Crippen LogP contribution in [0.5, 0.6) is 5.75 Å². The van der Waals surface area contributed by atoms with E-state index in [1.807, 2.05) is 30.3 Å². The Morgan fingerprint density at radius 2 is 1.81 bits per heavy atom. The van der Waals surface area contributed by atoms with Gasteiger partial charge in [0.2, 0.25) is 5.91 Å². The lowest BCUT2D eigenvalue weighted by Gasteiger charge is -2.32. The molecule has 6 heteroatoms. The summed E-state index contributed by atoms with van der Waals surface area (Å²) >= 11 is 0. The zero-order valence-electron chi connectivity index (χ0n) is 11.7. The largest absolute Gasteiger partial charge is 0.490 e. The van der Waals surface area contributed by atoms with E-state index in [1.165, 1.54) is 0 Å². The van der Waals surface area contributed by atoms with Crippen LogP contribution < -0.4 is 4.74 Å². The number of hydrogen-bond acceptors (Lipinski definition) is 4. The molecule has 2 rings (SSSR count). The minimum absolute atomic E-state index is 0.108. The zero-order valence-corrected chi connectivity index (χ0v) is 11.7. The van der Waals surface area contributed by atoms with Crippen molar-refractivity contribution in [1.29, 1.82) is 0 Å². The summed E-state index contributed by atoms with van der Waals surface area (Å²) in [5.41, 5.74) is 0. The predicted molar refractivity (Wildman–Crippen MR) is 75.1 cm³/mol. The van der Waals surface area contributed by atoms with Crippen molar-refractivity contribution < 1.29 is 24.2 Å². The molecule has 0 atom stereocenters. The average molecular weight is 293 g/mol. The second-order valence-corrected chi connectivity index (χ2v) is 4.90. The number of benzene rings is 1. The zero-order chi connectivity index (χ0) is 15.1. The summed E-state index contributed by atoms with van der Waals surface area (Å²) in [6.45, 7) is 0.579. The molecule has 114 valence electrons. The highest BCUT2D eigenvalue weighted by Gasteiger charge is 2.23. The number of likely N-dealkylation sites (tertiary alicyclic amines) is 1. The third-order valence-electron chi connectivity index (χ3n) is 3.29. The quantitative estimate of drug-likeness (QED) is 0.851. The van der Waals surface area contributed by atoms with Gasteiger partial charge in [0.1, 0.15) is 25.1 Å². The Morgan fingerprint density at radius 3 is 2.43 bits per heavy atom. The van der Waals surface area contributed by atoms with Gasteiger partial charge in [0.25, 0.3) is 0 Å². The van der Waals surface area contributed by atoms with Crippen LogP contribution in [0.1, 0.15) is 12.8 Å². The van der Waals surface area contributed by atoms with Gasteiger partial charge in [0.15, 0.2) is 0 Å². The molecule has 1 N–H and O–H groups in total. The van der Waals surface area contributed by atoms with E-state index in [0.717, 1.165) is 18.6 Å². The van der Waals surface area contributed by atoms with E-state index in [1.54, 1.807) is 4.90 Å². The number of carboxylic acids is 1. The molecule has 21 heavy (non-hydrogen) atoms. The van der Waals surface area contributed by atoms with E-state index in [-0.39, 0.29) is 18.6 Å². The standard InChI is InChI=1S/C15H19NO5/c17-14(10-20-11-15(18)19)16-8-6-13(7-9-16)21-12-4-2-1-3-5-12/h1-5,13H,6-11H2,(H,18,19). The maximum atomic E-state index is 11.8. The molecule has 1 fully saturated rings. The van der Waals surface area contributed by atoms with E-state index in [0.29, 0.717) is 13.1 Å². The SMILES string of the molecule is O=C(O)COCC(=O)N1CCC(Oc2ccccc2)CC1. The number of rotatable bonds is 6. The van der Waals surface area contributed by atoms with Crippen LogP contribution in [0.15, 0.2) is 30.3 Å². The molecule has 6 nitrogen and oxygen atoms in total. The summed E-state index contributed by atoms with van der Waals surface area (Å²) in [5, 5.41) is 8.45. The predicted octanol–water partition coefficient (Wildman–Crippen LogP) is 1.16. The molecule has 1 aromatic carbocycles. The first-order valence-corrected chi connectivity index (χ1v) is 6.94. The molecule has 0 saturated carbocycles. The van der Waals surface area contributed by atoms with Crippen LogP contribution in [0, 0.1) is 0 Å². The topological polar surface area (TPSA) is 76.1 Å². The van der Waals surface area contributed by atoms with Crippen LogP contribution in [-0.2, 0) is 14.3 Å². The Balaban J connectivity index is 1.70. The number of hydrogen-bond donors (Lipinski definition) is 1. The monoisotopic (exact) mass is 293 g/mol. The second-order valence-electron chi connectivity index (χ2n) is 4.90. The molecule has 1 aliphatic heterocycles. The number of carbonyl (C=O) groups is 2. The molecular formula is C15H19NO5. The summed E-state index contributed by atoms with van der Waals surface area (Å²) < 4.78 is 10.7. The number of carbonyl (C=O) groups excluding carboxylic acids is 1. The minimum Gasteiger partial charge on any atom is -0.490 e. The van der Waals surface area contributed by atoms with Gasteiger partial charge in [0.05, 0.1) is 0 Å². The molecule has 0 aliphatic carbocycles. The van der Waals surface area contributed by atoms with E-state index in [4.69, 9.17) is 14.6 Å². The van der Waals surface area contributed by atoms with Gasteiger partial charge in [0, 0.05) is 25.9 Å². The minimum atomic E-state index is -1.07. The molecule has 1 heterocycles. The van der Waals surface area contributed by atoms with Crippen LogP contribution in [-0.4, -0.2) is 54.3 Å². The number of amides is 1. The lowest BCUT2D eigenvalue weighted by Crippen LogP contribution is -2.43. The van der Waals surface area contributed by atoms with Crippen molar-refractivity contribution in [3.63, 3.8) is 0 Å². The maximum absolute atomic E-state index is 11.8. The van der Waals surface area contributed by atoms with Crippen molar-refractivity contribution in [2.75, 3.05) is 26.3 Å². The average Bonchev–Trinajstić information content (AvgIpc) is 2.48. The van der Waals surface area contributed by atoms with Crippen molar-refractivity contribution in [1.82, 2.24) is 4.90 Å². The molecule has 0 bridgehead atoms. The van der Waals surface area contributed by atoms with Crippen molar-refractivity contribution in [3.05, 3.63) is 30.3 Å². The number of piperidine rings is 1. The Kier molecular flexibility index (Phi) is 5.57. The fourth-order valence-electron chi connectivity index (χ4n) is 2.23. The van der Waals surface area contributed by atoms with Gasteiger partial charge in [-0.2, -0.15) is 0 Å². The molecule has 1 amide bonds. The van der Waals surface area contributed by atoms with Crippen LogP contribution >= 0.6 is 0 Å². The summed E-state index contributed by atoms with van der Waals surface area (Å²) in [7, 11) is 0. The highest BCUT2D eigenvalue weighted by atomic mass is 16.5. The second kappa shape index (κ2) is 7.64. The smallest absolute Gasteiger partial charge is 0.329 e. The van der Waals surface area contributed by atoms with E-state index in [2.05, 4.69) is 0 Å². The van der Waals surface area contributed by atoms with E-state index in [9.17, 15) is 9.59 Å². The number of ether oxygens (including phenoxy) is 2. The Labute approximate surface area is 123 Å². The van der Waals surface area contributed by atoms with Crippen LogP contribution in [0.3, 0.4) is 0 Å². The summed E-state index contributed by atoms with van der Waals surface area (Å²) in [6, 6.07) is 9.61. The van der Waals surface area contributed by atoms with Crippen molar-refractivity contribution in [2.24, 2.45) is 0 Å². The fourth-order valence-corrected chi connectivity index (χ4v) is 2.23. The van der Waals surface area contributed by atoms with E-state index < -0.39 is 12.6 Å². The third-order valence-corrected chi connectivity index (χ3v) is 3.29. The highest BCUT2D eigenvalue weighted by molar-refractivity contribution is 5.78. The molecule has 0 spiro atoms. The van der Waals surface area contributed by atoms with Crippen LogP contribution in [0.4, 0.5) is 0 Å².